The monoisotopic (exact) mass is 462 g/mol. The van der Waals surface area contributed by atoms with Gasteiger partial charge in [0.05, 0.1) is 32.3 Å². The van der Waals surface area contributed by atoms with Crippen molar-refractivity contribution in [1.29, 1.82) is 0 Å². The lowest BCUT2D eigenvalue weighted by Crippen LogP contribution is -2.42. The molecule has 0 bridgehead atoms. The lowest BCUT2D eigenvalue weighted by molar-refractivity contribution is 0.293. The van der Waals surface area contributed by atoms with Gasteiger partial charge >= 0.3 is 0 Å². The van der Waals surface area contributed by atoms with Crippen molar-refractivity contribution in [3.8, 4) is 17.2 Å². The second-order valence-electron chi connectivity index (χ2n) is 7.06. The van der Waals surface area contributed by atoms with Gasteiger partial charge in [0.15, 0.2) is 11.5 Å². The molecule has 0 aliphatic carbocycles. The van der Waals surface area contributed by atoms with E-state index >= 15 is 0 Å². The first-order valence-electron chi connectivity index (χ1n) is 9.63. The predicted molar refractivity (Wildman–Crippen MR) is 118 cm³/mol. The third-order valence-electron chi connectivity index (χ3n) is 5.40. The molecule has 31 heavy (non-hydrogen) atoms. The molecule has 2 aromatic carbocycles. The summed E-state index contributed by atoms with van der Waals surface area (Å²) in [4.78, 5) is 0.150. The van der Waals surface area contributed by atoms with E-state index < -0.39 is 16.1 Å². The highest BCUT2D eigenvalue weighted by Crippen LogP contribution is 2.44. The lowest BCUT2D eigenvalue weighted by Gasteiger charge is -2.36. The molecule has 4 rings (SSSR count). The fourth-order valence-corrected chi connectivity index (χ4v) is 5.86. The number of hydrogen-bond acceptors (Lipinski definition) is 5. The van der Waals surface area contributed by atoms with E-state index in [-0.39, 0.29) is 4.90 Å². The van der Waals surface area contributed by atoms with Crippen LogP contribution in [0.1, 0.15) is 17.3 Å². The summed E-state index contributed by atoms with van der Waals surface area (Å²) in [5, 5.41) is 0.366. The van der Waals surface area contributed by atoms with Gasteiger partial charge in [-0.2, -0.15) is 4.31 Å². The van der Waals surface area contributed by atoms with Crippen molar-refractivity contribution in [3.63, 3.8) is 0 Å². The minimum atomic E-state index is -3.83. The van der Waals surface area contributed by atoms with Gasteiger partial charge in [0.2, 0.25) is 15.8 Å². The first-order valence-corrected chi connectivity index (χ1v) is 11.4. The highest BCUT2D eigenvalue weighted by atomic mass is 35.5. The minimum absolute atomic E-state index is 0.150. The number of aromatic nitrogens is 1. The fraction of sp³-hybridized carbons (Fsp3) is 0.273. The van der Waals surface area contributed by atoms with Crippen LogP contribution in [-0.2, 0) is 16.6 Å². The van der Waals surface area contributed by atoms with Crippen molar-refractivity contribution in [2.45, 2.75) is 17.5 Å². The molecular formula is C22H23ClN2O5S. The third kappa shape index (κ3) is 3.75. The predicted octanol–water partition coefficient (Wildman–Crippen LogP) is 3.96. The summed E-state index contributed by atoms with van der Waals surface area (Å²) in [5.41, 5.74) is 1.56. The molecule has 0 amide bonds. The summed E-state index contributed by atoms with van der Waals surface area (Å²) < 4.78 is 47.3. The number of halogens is 1. The second-order valence-corrected chi connectivity index (χ2v) is 9.39. The molecule has 1 aliphatic heterocycles. The van der Waals surface area contributed by atoms with Gasteiger partial charge < -0.3 is 18.8 Å². The van der Waals surface area contributed by atoms with Crippen molar-refractivity contribution >= 4 is 21.6 Å². The van der Waals surface area contributed by atoms with Crippen LogP contribution in [0.15, 0.2) is 59.6 Å². The SMILES string of the molecule is COc1cc([C@H]2c3cccn3CCN2S(=O)(=O)c2cccc(Cl)c2)cc(OC)c1OC. The molecule has 0 unspecified atom stereocenters. The zero-order valence-electron chi connectivity index (χ0n) is 17.4. The molecule has 1 aliphatic rings. The number of benzene rings is 2. The van der Waals surface area contributed by atoms with Crippen LogP contribution >= 0.6 is 11.6 Å². The maximum Gasteiger partial charge on any atom is 0.244 e. The van der Waals surface area contributed by atoms with Crippen LogP contribution < -0.4 is 14.2 Å². The Hall–Kier alpha value is -2.68. The summed E-state index contributed by atoms with van der Waals surface area (Å²) in [6.45, 7) is 0.848. The van der Waals surface area contributed by atoms with E-state index in [4.69, 9.17) is 25.8 Å². The highest BCUT2D eigenvalue weighted by Gasteiger charge is 2.38. The van der Waals surface area contributed by atoms with Gasteiger partial charge in [0.25, 0.3) is 0 Å². The van der Waals surface area contributed by atoms with Gasteiger partial charge in [0, 0.05) is 30.0 Å². The topological polar surface area (TPSA) is 70.0 Å². The van der Waals surface area contributed by atoms with Crippen LogP contribution in [0.5, 0.6) is 17.2 Å². The summed E-state index contributed by atoms with van der Waals surface area (Å²) >= 11 is 6.09. The molecule has 0 N–H and O–H groups in total. The van der Waals surface area contributed by atoms with Crippen LogP contribution in [0.2, 0.25) is 5.02 Å². The summed E-state index contributed by atoms with van der Waals surface area (Å²) in [6, 6.07) is 13.1. The molecule has 1 atom stereocenters. The standard InChI is InChI=1S/C22H23ClN2O5S/c1-28-19-12-15(13-20(29-2)22(19)30-3)21-18-8-5-9-24(18)10-11-25(21)31(26,27)17-7-4-6-16(23)14-17/h4-9,12-14,21H,10-11H2,1-3H3/t21-/m0/s1. The average molecular weight is 463 g/mol. The number of hydrogen-bond donors (Lipinski definition) is 0. The number of rotatable bonds is 6. The van der Waals surface area contributed by atoms with Crippen molar-refractivity contribution < 1.29 is 22.6 Å². The third-order valence-corrected chi connectivity index (χ3v) is 7.50. The van der Waals surface area contributed by atoms with E-state index in [1.54, 1.807) is 30.3 Å². The van der Waals surface area contributed by atoms with E-state index in [0.29, 0.717) is 40.9 Å². The summed E-state index contributed by atoms with van der Waals surface area (Å²) in [7, 11) is 0.761. The molecule has 3 aromatic rings. The normalized spacial score (nSPS) is 16.6. The van der Waals surface area contributed by atoms with Gasteiger partial charge in [-0.25, -0.2) is 8.42 Å². The van der Waals surface area contributed by atoms with E-state index in [2.05, 4.69) is 4.57 Å². The van der Waals surface area contributed by atoms with Gasteiger partial charge in [0.1, 0.15) is 0 Å². The van der Waals surface area contributed by atoms with Crippen LogP contribution in [-0.4, -0.2) is 45.2 Å². The fourth-order valence-electron chi connectivity index (χ4n) is 3.98. The molecule has 2 heterocycles. The Morgan fingerprint density at radius 1 is 0.935 bits per heavy atom. The molecule has 0 spiro atoms. The Kier molecular flexibility index (Phi) is 5.88. The molecule has 1 aromatic heterocycles. The van der Waals surface area contributed by atoms with E-state index in [1.807, 2.05) is 18.3 Å². The lowest BCUT2D eigenvalue weighted by atomic mass is 10.0. The quantitative estimate of drug-likeness (QED) is 0.554. The van der Waals surface area contributed by atoms with Gasteiger partial charge in [-0.15, -0.1) is 0 Å². The number of nitrogens with zero attached hydrogens (tertiary/aromatic N) is 2. The van der Waals surface area contributed by atoms with Crippen LogP contribution in [0.25, 0.3) is 0 Å². The van der Waals surface area contributed by atoms with Gasteiger partial charge in [-0.05, 0) is 48.0 Å². The maximum atomic E-state index is 13.7. The van der Waals surface area contributed by atoms with Crippen molar-refractivity contribution in [2.24, 2.45) is 0 Å². The summed E-state index contributed by atoms with van der Waals surface area (Å²) in [5.74, 6) is 1.37. The Labute approximate surface area is 186 Å². The minimum Gasteiger partial charge on any atom is -0.493 e. The Bertz CT molecular complexity index is 1180. The van der Waals surface area contributed by atoms with E-state index in [0.717, 1.165) is 5.69 Å². The van der Waals surface area contributed by atoms with Crippen molar-refractivity contribution in [1.82, 2.24) is 8.87 Å². The van der Waals surface area contributed by atoms with E-state index in [1.165, 1.54) is 31.7 Å². The number of ether oxygens (including phenoxy) is 3. The Balaban J connectivity index is 1.91. The second kappa shape index (κ2) is 8.45. The number of sulfonamides is 1. The molecule has 7 nitrogen and oxygen atoms in total. The molecule has 0 fully saturated rings. The van der Waals surface area contributed by atoms with E-state index in [9.17, 15) is 8.42 Å². The molecule has 164 valence electrons. The molecule has 0 saturated carbocycles. The van der Waals surface area contributed by atoms with Gasteiger partial charge in [-0.3, -0.25) is 0 Å². The molecule has 0 saturated heterocycles. The Morgan fingerprint density at radius 3 is 2.26 bits per heavy atom. The zero-order valence-corrected chi connectivity index (χ0v) is 19.0. The smallest absolute Gasteiger partial charge is 0.244 e. The molecule has 0 radical (unpaired) electrons. The van der Waals surface area contributed by atoms with Crippen LogP contribution in [0, 0.1) is 0 Å². The molecule has 9 heteroatoms. The zero-order chi connectivity index (χ0) is 22.2. The van der Waals surface area contributed by atoms with Gasteiger partial charge in [-0.1, -0.05) is 17.7 Å². The van der Waals surface area contributed by atoms with Crippen molar-refractivity contribution in [3.05, 3.63) is 71.0 Å². The van der Waals surface area contributed by atoms with Crippen molar-refractivity contribution in [2.75, 3.05) is 27.9 Å². The summed E-state index contributed by atoms with van der Waals surface area (Å²) in [6.07, 6.45) is 1.95. The Morgan fingerprint density at radius 2 is 1.65 bits per heavy atom. The average Bonchev–Trinajstić information content (AvgIpc) is 3.26. The van der Waals surface area contributed by atoms with Crippen LogP contribution in [0.4, 0.5) is 0 Å². The van der Waals surface area contributed by atoms with Crippen LogP contribution in [0.3, 0.4) is 0 Å². The first-order chi connectivity index (χ1) is 14.9. The highest BCUT2D eigenvalue weighted by molar-refractivity contribution is 7.89. The number of methoxy groups -OCH3 is 3. The number of fused-ring (bicyclic) bond motifs is 1. The molecular weight excluding hydrogens is 440 g/mol. The largest absolute Gasteiger partial charge is 0.493 e. The first kappa shape index (κ1) is 21.5. The maximum absolute atomic E-state index is 13.7.